The number of phenolic OH excluding ortho intramolecular Hbond substituents is 1. The van der Waals surface area contributed by atoms with Crippen molar-refractivity contribution in [2.45, 2.75) is 12.6 Å². The Kier molecular flexibility index (Phi) is 5.60. The number of aliphatic hydroxyl groups excluding tert-OH is 1. The molecule has 0 radical (unpaired) electrons. The third-order valence-corrected chi connectivity index (χ3v) is 3.59. The normalized spacial score (nSPS) is 12.2. The van der Waals surface area contributed by atoms with E-state index in [1.807, 2.05) is 0 Å². The molecule has 118 valence electrons. The van der Waals surface area contributed by atoms with Gasteiger partial charge in [0.2, 0.25) is 0 Å². The third-order valence-electron chi connectivity index (χ3n) is 3.28. The van der Waals surface area contributed by atoms with Gasteiger partial charge in [-0.25, -0.2) is 4.39 Å². The monoisotopic (exact) mass is 325 g/mol. The summed E-state index contributed by atoms with van der Waals surface area (Å²) in [6.45, 7) is 0.549. The van der Waals surface area contributed by atoms with Gasteiger partial charge in [-0.1, -0.05) is 29.8 Å². The van der Waals surface area contributed by atoms with Crippen LogP contribution >= 0.6 is 11.6 Å². The molecule has 22 heavy (non-hydrogen) atoms. The second-order valence-electron chi connectivity index (χ2n) is 4.79. The number of halogens is 2. The standard InChI is InChI=1S/C16H17ClFNO3/c1-22-15-4-2-3-11(16(15)21)8-19-9-14(20)10-5-6-12(17)13(18)7-10/h2-7,14,19-21H,8-9H2,1H3. The molecule has 1 atom stereocenters. The quantitative estimate of drug-likeness (QED) is 0.764. The van der Waals surface area contributed by atoms with Crippen LogP contribution in [-0.2, 0) is 6.54 Å². The molecule has 6 heteroatoms. The van der Waals surface area contributed by atoms with Gasteiger partial charge in [-0.15, -0.1) is 0 Å². The fourth-order valence-electron chi connectivity index (χ4n) is 2.06. The highest BCUT2D eigenvalue weighted by Crippen LogP contribution is 2.29. The number of methoxy groups -OCH3 is 1. The van der Waals surface area contributed by atoms with Crippen molar-refractivity contribution in [1.82, 2.24) is 5.32 Å². The number of phenols is 1. The fraction of sp³-hybridized carbons (Fsp3) is 0.250. The zero-order valence-corrected chi connectivity index (χ0v) is 12.8. The third kappa shape index (κ3) is 3.88. The first-order valence-corrected chi connectivity index (χ1v) is 7.09. The smallest absolute Gasteiger partial charge is 0.162 e. The molecule has 2 aromatic carbocycles. The van der Waals surface area contributed by atoms with Crippen molar-refractivity contribution in [3.8, 4) is 11.5 Å². The molecule has 2 aromatic rings. The molecule has 4 nitrogen and oxygen atoms in total. The molecule has 1 unspecified atom stereocenters. The number of nitrogens with one attached hydrogen (secondary N) is 1. The van der Waals surface area contributed by atoms with Gasteiger partial charge in [-0.05, 0) is 23.8 Å². The van der Waals surface area contributed by atoms with Crippen LogP contribution in [0.2, 0.25) is 5.02 Å². The molecule has 0 saturated heterocycles. The number of rotatable bonds is 6. The van der Waals surface area contributed by atoms with E-state index in [0.717, 1.165) is 0 Å². The highest BCUT2D eigenvalue weighted by molar-refractivity contribution is 6.30. The van der Waals surface area contributed by atoms with Gasteiger partial charge in [0.1, 0.15) is 5.82 Å². The van der Waals surface area contributed by atoms with Crippen LogP contribution in [0, 0.1) is 5.82 Å². The van der Waals surface area contributed by atoms with Crippen molar-refractivity contribution in [1.29, 1.82) is 0 Å². The summed E-state index contributed by atoms with van der Waals surface area (Å²) in [5, 5.41) is 23.0. The lowest BCUT2D eigenvalue weighted by Gasteiger charge is -2.14. The Balaban J connectivity index is 1.94. The first kappa shape index (κ1) is 16.5. The lowest BCUT2D eigenvalue weighted by molar-refractivity contribution is 0.174. The molecule has 0 aliphatic carbocycles. The van der Waals surface area contributed by atoms with E-state index >= 15 is 0 Å². The Hall–Kier alpha value is -1.82. The van der Waals surface area contributed by atoms with Crippen LogP contribution < -0.4 is 10.1 Å². The number of aliphatic hydroxyl groups is 1. The molecule has 0 aliphatic heterocycles. The van der Waals surface area contributed by atoms with E-state index in [4.69, 9.17) is 16.3 Å². The van der Waals surface area contributed by atoms with Crippen LogP contribution in [0.15, 0.2) is 36.4 Å². The van der Waals surface area contributed by atoms with Crippen LogP contribution in [0.25, 0.3) is 0 Å². The second kappa shape index (κ2) is 7.45. The molecular formula is C16H17ClFNO3. The van der Waals surface area contributed by atoms with E-state index in [9.17, 15) is 14.6 Å². The minimum Gasteiger partial charge on any atom is -0.504 e. The Morgan fingerprint density at radius 2 is 2.09 bits per heavy atom. The summed E-state index contributed by atoms with van der Waals surface area (Å²) < 4.78 is 18.4. The minimum absolute atomic E-state index is 0.0187. The van der Waals surface area contributed by atoms with Crippen LogP contribution in [0.5, 0.6) is 11.5 Å². The predicted octanol–water partition coefficient (Wildman–Crippen LogP) is 3.02. The van der Waals surface area contributed by atoms with E-state index in [0.29, 0.717) is 23.4 Å². The van der Waals surface area contributed by atoms with Crippen LogP contribution in [0.4, 0.5) is 4.39 Å². The number of hydrogen-bond donors (Lipinski definition) is 3. The second-order valence-corrected chi connectivity index (χ2v) is 5.20. The Labute approximate surface area is 133 Å². The molecule has 3 N–H and O–H groups in total. The van der Waals surface area contributed by atoms with Crippen molar-refractivity contribution < 1.29 is 19.3 Å². The molecule has 0 aromatic heterocycles. The van der Waals surface area contributed by atoms with E-state index in [1.54, 1.807) is 24.3 Å². The lowest BCUT2D eigenvalue weighted by atomic mass is 10.1. The van der Waals surface area contributed by atoms with Crippen molar-refractivity contribution in [3.63, 3.8) is 0 Å². The molecule has 0 saturated carbocycles. The summed E-state index contributed by atoms with van der Waals surface area (Å²) in [7, 11) is 1.48. The summed E-state index contributed by atoms with van der Waals surface area (Å²) in [4.78, 5) is 0. The van der Waals surface area contributed by atoms with Gasteiger partial charge in [0.25, 0.3) is 0 Å². The minimum atomic E-state index is -0.875. The van der Waals surface area contributed by atoms with E-state index in [-0.39, 0.29) is 17.3 Å². The van der Waals surface area contributed by atoms with Crippen molar-refractivity contribution in [3.05, 3.63) is 58.4 Å². The average molecular weight is 326 g/mol. The number of benzene rings is 2. The van der Waals surface area contributed by atoms with Crippen LogP contribution in [-0.4, -0.2) is 23.9 Å². The lowest BCUT2D eigenvalue weighted by Crippen LogP contribution is -2.21. The van der Waals surface area contributed by atoms with Gasteiger partial charge >= 0.3 is 0 Å². The number of hydrogen-bond acceptors (Lipinski definition) is 4. The zero-order chi connectivity index (χ0) is 16.1. The summed E-state index contributed by atoms with van der Waals surface area (Å²) in [6.07, 6.45) is -0.875. The van der Waals surface area contributed by atoms with Crippen molar-refractivity contribution in [2.75, 3.05) is 13.7 Å². The van der Waals surface area contributed by atoms with E-state index in [1.165, 1.54) is 19.2 Å². The van der Waals surface area contributed by atoms with Crippen molar-refractivity contribution in [2.24, 2.45) is 0 Å². The number of para-hydroxylation sites is 1. The van der Waals surface area contributed by atoms with Gasteiger partial charge in [-0.2, -0.15) is 0 Å². The summed E-state index contributed by atoms with van der Waals surface area (Å²) in [5.41, 5.74) is 1.08. The Morgan fingerprint density at radius 1 is 1.32 bits per heavy atom. The average Bonchev–Trinajstić information content (AvgIpc) is 2.51. The van der Waals surface area contributed by atoms with Crippen LogP contribution in [0.1, 0.15) is 17.2 Å². The highest BCUT2D eigenvalue weighted by atomic mass is 35.5. The molecule has 0 fully saturated rings. The van der Waals surface area contributed by atoms with Gasteiger partial charge < -0.3 is 20.3 Å². The molecule has 0 amide bonds. The first-order valence-electron chi connectivity index (χ1n) is 6.71. The highest BCUT2D eigenvalue weighted by Gasteiger charge is 2.11. The van der Waals surface area contributed by atoms with Gasteiger partial charge in [0.15, 0.2) is 11.5 Å². The van der Waals surface area contributed by atoms with Gasteiger partial charge in [0.05, 0.1) is 18.2 Å². The van der Waals surface area contributed by atoms with Crippen LogP contribution in [0.3, 0.4) is 0 Å². The summed E-state index contributed by atoms with van der Waals surface area (Å²) in [5.74, 6) is -0.118. The Morgan fingerprint density at radius 3 is 2.77 bits per heavy atom. The maximum Gasteiger partial charge on any atom is 0.162 e. The first-order chi connectivity index (χ1) is 10.5. The SMILES string of the molecule is COc1cccc(CNCC(O)c2ccc(Cl)c(F)c2)c1O. The molecule has 0 aliphatic rings. The number of aromatic hydroxyl groups is 1. The maximum atomic E-state index is 13.4. The predicted molar refractivity (Wildman–Crippen MR) is 82.7 cm³/mol. The van der Waals surface area contributed by atoms with Crippen molar-refractivity contribution >= 4 is 11.6 Å². The van der Waals surface area contributed by atoms with E-state index in [2.05, 4.69) is 5.32 Å². The molecule has 2 rings (SSSR count). The maximum absolute atomic E-state index is 13.4. The molecule has 0 spiro atoms. The fourth-order valence-corrected chi connectivity index (χ4v) is 2.17. The van der Waals surface area contributed by atoms with Gasteiger partial charge in [-0.3, -0.25) is 0 Å². The molecule has 0 heterocycles. The van der Waals surface area contributed by atoms with E-state index < -0.39 is 11.9 Å². The molecular weight excluding hydrogens is 309 g/mol. The largest absolute Gasteiger partial charge is 0.504 e. The number of ether oxygens (including phenoxy) is 1. The zero-order valence-electron chi connectivity index (χ0n) is 12.0. The van der Waals surface area contributed by atoms with Gasteiger partial charge in [0, 0.05) is 18.7 Å². The Bertz CT molecular complexity index is 651. The summed E-state index contributed by atoms with van der Waals surface area (Å²) >= 11 is 5.60. The molecule has 0 bridgehead atoms. The topological polar surface area (TPSA) is 61.7 Å². The summed E-state index contributed by atoms with van der Waals surface area (Å²) in [6, 6.07) is 9.35.